The van der Waals surface area contributed by atoms with Crippen LogP contribution in [0.4, 0.5) is 4.79 Å². The van der Waals surface area contributed by atoms with Crippen molar-refractivity contribution in [3.63, 3.8) is 0 Å². The molecule has 2 amide bonds. The molecular formula is C10H20N2O3. The molecule has 0 aliphatic heterocycles. The predicted molar refractivity (Wildman–Crippen MR) is 57.5 cm³/mol. The Hall–Kier alpha value is -1.26. The fraction of sp³-hybridized carbons (Fsp3) is 0.800. The maximum atomic E-state index is 11.3. The third-order valence-electron chi connectivity index (χ3n) is 2.20. The molecule has 0 aromatic rings. The number of rotatable bonds is 5. The number of amides is 2. The Morgan fingerprint density at radius 2 is 1.87 bits per heavy atom. The molecule has 0 aromatic heterocycles. The zero-order chi connectivity index (χ0) is 11.8. The minimum Gasteiger partial charge on any atom is -0.453 e. The number of methoxy groups -OCH3 is 1. The van der Waals surface area contributed by atoms with Gasteiger partial charge >= 0.3 is 6.09 Å². The van der Waals surface area contributed by atoms with E-state index in [0.717, 1.165) is 0 Å². The van der Waals surface area contributed by atoms with Gasteiger partial charge in [-0.05, 0) is 12.8 Å². The third kappa shape index (κ3) is 6.76. The summed E-state index contributed by atoms with van der Waals surface area (Å²) in [7, 11) is 1.29. The zero-order valence-electron chi connectivity index (χ0n) is 9.79. The summed E-state index contributed by atoms with van der Waals surface area (Å²) in [5.74, 6) is 0.343. The van der Waals surface area contributed by atoms with E-state index in [-0.39, 0.29) is 18.4 Å². The fourth-order valence-electron chi connectivity index (χ4n) is 0.843. The Balaban J connectivity index is 3.62. The Bertz CT molecular complexity index is 217. The monoisotopic (exact) mass is 216 g/mol. The maximum Gasteiger partial charge on any atom is 0.406 e. The molecule has 0 radical (unpaired) electrons. The van der Waals surface area contributed by atoms with Crippen LogP contribution in [0.15, 0.2) is 0 Å². The van der Waals surface area contributed by atoms with Crippen molar-refractivity contribution >= 4 is 12.0 Å². The van der Waals surface area contributed by atoms with Crippen molar-refractivity contribution < 1.29 is 14.3 Å². The molecule has 1 atom stereocenters. The van der Waals surface area contributed by atoms with E-state index in [0.29, 0.717) is 12.5 Å². The van der Waals surface area contributed by atoms with Gasteiger partial charge in [-0.25, -0.2) is 4.79 Å². The second kappa shape index (κ2) is 7.09. The smallest absolute Gasteiger partial charge is 0.406 e. The Kier molecular flexibility index (Phi) is 6.49. The average Bonchev–Trinajstić information content (AvgIpc) is 2.17. The second-order valence-electron chi connectivity index (χ2n) is 3.77. The number of alkyl carbamates (subject to hydrolysis) is 1. The van der Waals surface area contributed by atoms with Crippen LogP contribution < -0.4 is 10.6 Å². The van der Waals surface area contributed by atoms with E-state index in [9.17, 15) is 9.59 Å². The molecule has 5 heteroatoms. The number of nitrogens with one attached hydrogen (secondary N) is 2. The van der Waals surface area contributed by atoms with Gasteiger partial charge in [-0.2, -0.15) is 0 Å². The summed E-state index contributed by atoms with van der Waals surface area (Å²) in [5, 5.41) is 5.28. The standard InChI is InChI=1S/C10H20N2O3/c1-7(2)8(3)12-9(13)5-6-11-10(14)15-4/h7-8H,5-6H2,1-4H3,(H,11,14)(H,12,13). The molecule has 0 aliphatic carbocycles. The first-order valence-corrected chi connectivity index (χ1v) is 5.08. The average molecular weight is 216 g/mol. The molecule has 0 aliphatic rings. The van der Waals surface area contributed by atoms with Gasteiger partial charge in [0.15, 0.2) is 0 Å². The molecule has 15 heavy (non-hydrogen) atoms. The number of carbonyl (C=O) groups is 2. The third-order valence-corrected chi connectivity index (χ3v) is 2.20. The quantitative estimate of drug-likeness (QED) is 0.717. The summed E-state index contributed by atoms with van der Waals surface area (Å²) < 4.78 is 4.37. The van der Waals surface area contributed by atoms with Crippen LogP contribution in [-0.2, 0) is 9.53 Å². The molecular weight excluding hydrogens is 196 g/mol. The normalized spacial score (nSPS) is 12.1. The van der Waals surface area contributed by atoms with Crippen LogP contribution >= 0.6 is 0 Å². The lowest BCUT2D eigenvalue weighted by molar-refractivity contribution is -0.121. The van der Waals surface area contributed by atoms with Crippen molar-refractivity contribution in [2.75, 3.05) is 13.7 Å². The molecule has 2 N–H and O–H groups in total. The van der Waals surface area contributed by atoms with Crippen LogP contribution in [0.25, 0.3) is 0 Å². The van der Waals surface area contributed by atoms with E-state index in [1.807, 2.05) is 20.8 Å². The van der Waals surface area contributed by atoms with Crippen molar-refractivity contribution in [2.24, 2.45) is 5.92 Å². The molecule has 88 valence electrons. The molecule has 5 nitrogen and oxygen atoms in total. The summed E-state index contributed by atoms with van der Waals surface area (Å²) in [6, 6.07) is 0.149. The largest absolute Gasteiger partial charge is 0.453 e. The van der Waals surface area contributed by atoms with Gasteiger partial charge in [-0.3, -0.25) is 4.79 Å². The van der Waals surface area contributed by atoms with Gasteiger partial charge in [0.05, 0.1) is 7.11 Å². The molecule has 0 saturated carbocycles. The van der Waals surface area contributed by atoms with Crippen LogP contribution in [-0.4, -0.2) is 31.7 Å². The molecule has 0 fully saturated rings. The second-order valence-corrected chi connectivity index (χ2v) is 3.77. The lowest BCUT2D eigenvalue weighted by atomic mass is 10.1. The fourth-order valence-corrected chi connectivity index (χ4v) is 0.843. The van der Waals surface area contributed by atoms with E-state index in [1.165, 1.54) is 7.11 Å². The predicted octanol–water partition coefficient (Wildman–Crippen LogP) is 0.893. The number of hydrogen-bond acceptors (Lipinski definition) is 3. The Morgan fingerprint density at radius 3 is 2.33 bits per heavy atom. The van der Waals surface area contributed by atoms with Crippen LogP contribution in [0.2, 0.25) is 0 Å². The lowest BCUT2D eigenvalue weighted by Gasteiger charge is -2.17. The molecule has 0 bridgehead atoms. The van der Waals surface area contributed by atoms with Gasteiger partial charge in [0.2, 0.25) is 5.91 Å². The summed E-state index contributed by atoms with van der Waals surface area (Å²) in [6.07, 6.45) is -0.244. The highest BCUT2D eigenvalue weighted by Crippen LogP contribution is 1.99. The van der Waals surface area contributed by atoms with Gasteiger partial charge in [0, 0.05) is 19.0 Å². The molecule has 0 saturated heterocycles. The van der Waals surface area contributed by atoms with Crippen molar-refractivity contribution in [1.82, 2.24) is 10.6 Å². The molecule has 0 aromatic carbocycles. The summed E-state index contributed by atoms with van der Waals surface area (Å²) >= 11 is 0. The highest BCUT2D eigenvalue weighted by atomic mass is 16.5. The first-order chi connectivity index (χ1) is 6.97. The summed E-state index contributed by atoms with van der Waals surface area (Å²) in [5.41, 5.74) is 0. The van der Waals surface area contributed by atoms with Crippen LogP contribution in [0.5, 0.6) is 0 Å². The zero-order valence-corrected chi connectivity index (χ0v) is 9.79. The van der Waals surface area contributed by atoms with Crippen molar-refractivity contribution in [3.8, 4) is 0 Å². The molecule has 0 spiro atoms. The summed E-state index contributed by atoms with van der Waals surface area (Å²) in [6.45, 7) is 6.33. The first-order valence-electron chi connectivity index (χ1n) is 5.08. The minimum absolute atomic E-state index is 0.0624. The summed E-state index contributed by atoms with van der Waals surface area (Å²) in [4.78, 5) is 22.0. The number of hydrogen-bond donors (Lipinski definition) is 2. The van der Waals surface area contributed by atoms with Gasteiger partial charge in [-0.1, -0.05) is 13.8 Å². The van der Waals surface area contributed by atoms with E-state index in [2.05, 4.69) is 15.4 Å². The maximum absolute atomic E-state index is 11.3. The highest BCUT2D eigenvalue weighted by molar-refractivity contribution is 5.77. The van der Waals surface area contributed by atoms with Crippen LogP contribution in [0.1, 0.15) is 27.2 Å². The van der Waals surface area contributed by atoms with Gasteiger partial charge in [0.1, 0.15) is 0 Å². The topological polar surface area (TPSA) is 67.4 Å². The highest BCUT2D eigenvalue weighted by Gasteiger charge is 2.10. The van der Waals surface area contributed by atoms with E-state index in [4.69, 9.17) is 0 Å². The van der Waals surface area contributed by atoms with Crippen molar-refractivity contribution in [1.29, 1.82) is 0 Å². The SMILES string of the molecule is COC(=O)NCCC(=O)NC(C)C(C)C. The number of ether oxygens (including phenoxy) is 1. The first kappa shape index (κ1) is 13.7. The molecule has 0 rings (SSSR count). The Labute approximate surface area is 90.6 Å². The van der Waals surface area contributed by atoms with Gasteiger partial charge in [-0.15, -0.1) is 0 Å². The van der Waals surface area contributed by atoms with Crippen molar-refractivity contribution in [3.05, 3.63) is 0 Å². The molecule has 1 unspecified atom stereocenters. The van der Waals surface area contributed by atoms with Crippen LogP contribution in [0, 0.1) is 5.92 Å². The van der Waals surface area contributed by atoms with E-state index in [1.54, 1.807) is 0 Å². The van der Waals surface area contributed by atoms with Crippen LogP contribution in [0.3, 0.4) is 0 Å². The van der Waals surface area contributed by atoms with E-state index >= 15 is 0 Å². The molecule has 0 heterocycles. The Morgan fingerprint density at radius 1 is 1.27 bits per heavy atom. The van der Waals surface area contributed by atoms with Gasteiger partial charge in [0.25, 0.3) is 0 Å². The van der Waals surface area contributed by atoms with E-state index < -0.39 is 6.09 Å². The van der Waals surface area contributed by atoms with Gasteiger partial charge < -0.3 is 15.4 Å². The van der Waals surface area contributed by atoms with Crippen molar-refractivity contribution in [2.45, 2.75) is 33.2 Å². The number of carbonyl (C=O) groups excluding carboxylic acids is 2. The minimum atomic E-state index is -0.514. The lowest BCUT2D eigenvalue weighted by Crippen LogP contribution is -2.38.